The van der Waals surface area contributed by atoms with E-state index in [-0.39, 0.29) is 16.4 Å². The van der Waals surface area contributed by atoms with Gasteiger partial charge < -0.3 is 4.57 Å². The van der Waals surface area contributed by atoms with E-state index in [4.69, 9.17) is 11.6 Å². The summed E-state index contributed by atoms with van der Waals surface area (Å²) < 4.78 is 81.1. The number of hydrogen-bond acceptors (Lipinski definition) is 1. The van der Waals surface area contributed by atoms with Gasteiger partial charge in [-0.25, -0.2) is 4.39 Å². The summed E-state index contributed by atoms with van der Waals surface area (Å²) in [5.41, 5.74) is -2.86. The standard InChI is InChI=1S/C15H8ClF6NO/c16-7-3-8(17)5-9(4-7)23-6-10(15(20,21)22)12-11(23)1-2-14(18,19)13(12)24/h3-6H,1-2H2. The molecule has 0 bridgehead atoms. The maximum Gasteiger partial charge on any atom is 0.418 e. The second-order valence-electron chi connectivity index (χ2n) is 5.39. The molecule has 128 valence electrons. The largest absolute Gasteiger partial charge is 0.418 e. The van der Waals surface area contributed by atoms with E-state index >= 15 is 0 Å². The average Bonchev–Trinajstić information content (AvgIpc) is 2.82. The summed E-state index contributed by atoms with van der Waals surface area (Å²) in [6.45, 7) is 0. The van der Waals surface area contributed by atoms with E-state index < -0.39 is 47.7 Å². The zero-order valence-corrected chi connectivity index (χ0v) is 12.5. The molecular weight excluding hydrogens is 360 g/mol. The molecule has 0 spiro atoms. The number of rotatable bonds is 1. The lowest BCUT2D eigenvalue weighted by molar-refractivity contribution is -0.138. The predicted molar refractivity (Wildman–Crippen MR) is 73.3 cm³/mol. The van der Waals surface area contributed by atoms with Gasteiger partial charge in [0.15, 0.2) is 0 Å². The number of Topliss-reactive ketones (excluding diaryl/α,β-unsaturated/α-hetero) is 1. The fourth-order valence-corrected chi connectivity index (χ4v) is 2.96. The normalized spacial score (nSPS) is 17.0. The van der Waals surface area contributed by atoms with Gasteiger partial charge >= 0.3 is 12.1 Å². The Hall–Kier alpha value is -1.96. The van der Waals surface area contributed by atoms with Crippen LogP contribution in [0.3, 0.4) is 0 Å². The third-order valence-corrected chi connectivity index (χ3v) is 3.99. The van der Waals surface area contributed by atoms with Crippen molar-refractivity contribution in [2.24, 2.45) is 0 Å². The van der Waals surface area contributed by atoms with Gasteiger partial charge in [0, 0.05) is 29.0 Å². The number of benzene rings is 1. The number of nitrogens with zero attached hydrogens (tertiary/aromatic N) is 1. The minimum atomic E-state index is -5.00. The van der Waals surface area contributed by atoms with E-state index in [0.29, 0.717) is 6.20 Å². The molecule has 1 heterocycles. The Morgan fingerprint density at radius 3 is 2.42 bits per heavy atom. The average molecular weight is 368 g/mol. The van der Waals surface area contributed by atoms with Crippen molar-refractivity contribution in [1.82, 2.24) is 4.57 Å². The molecule has 3 rings (SSSR count). The van der Waals surface area contributed by atoms with Gasteiger partial charge in [-0.1, -0.05) is 11.6 Å². The molecule has 0 fully saturated rings. The third kappa shape index (κ3) is 2.68. The van der Waals surface area contributed by atoms with Gasteiger partial charge in [-0.05, 0) is 24.6 Å². The number of carbonyl (C=O) groups is 1. The fraction of sp³-hybridized carbons (Fsp3) is 0.267. The summed E-state index contributed by atoms with van der Waals surface area (Å²) in [7, 11) is 0. The molecule has 0 N–H and O–H groups in total. The molecule has 1 aliphatic rings. The number of alkyl halides is 5. The van der Waals surface area contributed by atoms with Crippen molar-refractivity contribution in [3.8, 4) is 5.69 Å². The van der Waals surface area contributed by atoms with E-state index in [0.717, 1.165) is 16.7 Å². The number of ketones is 1. The van der Waals surface area contributed by atoms with Crippen LogP contribution in [0.1, 0.15) is 28.0 Å². The lowest BCUT2D eigenvalue weighted by Gasteiger charge is -2.23. The van der Waals surface area contributed by atoms with E-state index in [1.165, 1.54) is 6.07 Å². The van der Waals surface area contributed by atoms with Crippen molar-refractivity contribution >= 4 is 17.4 Å². The molecule has 0 unspecified atom stereocenters. The summed E-state index contributed by atoms with van der Waals surface area (Å²) in [5.74, 6) is -6.54. The van der Waals surface area contributed by atoms with Crippen LogP contribution < -0.4 is 0 Å². The first-order valence-electron chi connectivity index (χ1n) is 6.71. The van der Waals surface area contributed by atoms with Crippen LogP contribution in [0, 0.1) is 5.82 Å². The summed E-state index contributed by atoms with van der Waals surface area (Å²) in [4.78, 5) is 11.8. The molecule has 2 nitrogen and oxygen atoms in total. The van der Waals surface area contributed by atoms with Crippen molar-refractivity contribution in [2.75, 3.05) is 0 Å². The van der Waals surface area contributed by atoms with E-state index in [9.17, 15) is 31.1 Å². The van der Waals surface area contributed by atoms with Gasteiger partial charge in [0.1, 0.15) is 5.82 Å². The molecule has 1 aromatic heterocycles. The van der Waals surface area contributed by atoms with Crippen molar-refractivity contribution < 1.29 is 31.1 Å². The summed E-state index contributed by atoms with van der Waals surface area (Å²) in [5, 5.41) is -0.0755. The highest BCUT2D eigenvalue weighted by Crippen LogP contribution is 2.42. The van der Waals surface area contributed by atoms with Crippen LogP contribution in [-0.4, -0.2) is 16.3 Å². The first kappa shape index (κ1) is 16.9. The molecule has 9 heteroatoms. The third-order valence-electron chi connectivity index (χ3n) is 3.77. The Morgan fingerprint density at radius 2 is 1.83 bits per heavy atom. The molecule has 0 radical (unpaired) electrons. The van der Waals surface area contributed by atoms with Gasteiger partial charge in [-0.15, -0.1) is 0 Å². The highest BCUT2D eigenvalue weighted by molar-refractivity contribution is 6.30. The quantitative estimate of drug-likeness (QED) is 0.646. The molecule has 0 atom stereocenters. The maximum atomic E-state index is 13.6. The highest BCUT2D eigenvalue weighted by Gasteiger charge is 2.50. The molecular formula is C15H8ClF6NO. The Labute approximate surface area is 136 Å². The molecule has 1 aliphatic carbocycles. The first-order valence-corrected chi connectivity index (χ1v) is 7.09. The smallest absolute Gasteiger partial charge is 0.319 e. The van der Waals surface area contributed by atoms with E-state index in [2.05, 4.69) is 0 Å². The number of aromatic nitrogens is 1. The van der Waals surface area contributed by atoms with Crippen LogP contribution in [0.5, 0.6) is 0 Å². The van der Waals surface area contributed by atoms with Gasteiger partial charge in [-0.3, -0.25) is 4.79 Å². The molecule has 24 heavy (non-hydrogen) atoms. The Bertz CT molecular complexity index is 819. The first-order chi connectivity index (χ1) is 11.0. The van der Waals surface area contributed by atoms with Gasteiger partial charge in [0.2, 0.25) is 5.78 Å². The lowest BCUT2D eigenvalue weighted by atomic mass is 9.90. The maximum absolute atomic E-state index is 13.6. The van der Waals surface area contributed by atoms with Gasteiger partial charge in [0.05, 0.1) is 11.1 Å². The summed E-state index contributed by atoms with van der Waals surface area (Å²) >= 11 is 5.69. The Balaban J connectivity index is 2.29. The number of hydrogen-bond donors (Lipinski definition) is 0. The minimum Gasteiger partial charge on any atom is -0.319 e. The Kier molecular flexibility index (Phi) is 3.71. The number of fused-ring (bicyclic) bond motifs is 1. The molecule has 0 saturated carbocycles. The summed E-state index contributed by atoms with van der Waals surface area (Å²) in [6.07, 6.45) is -5.86. The van der Waals surface area contributed by atoms with Crippen LogP contribution in [0.25, 0.3) is 5.69 Å². The van der Waals surface area contributed by atoms with Gasteiger partial charge in [0.25, 0.3) is 0 Å². The zero-order valence-electron chi connectivity index (χ0n) is 11.7. The zero-order chi connectivity index (χ0) is 17.9. The lowest BCUT2D eigenvalue weighted by Crippen LogP contribution is -2.35. The van der Waals surface area contributed by atoms with Crippen molar-refractivity contribution in [2.45, 2.75) is 24.9 Å². The highest BCUT2D eigenvalue weighted by atomic mass is 35.5. The van der Waals surface area contributed by atoms with Crippen molar-refractivity contribution in [1.29, 1.82) is 0 Å². The second-order valence-corrected chi connectivity index (χ2v) is 5.83. The summed E-state index contributed by atoms with van der Waals surface area (Å²) in [6, 6.07) is 3.04. The second kappa shape index (κ2) is 5.27. The monoisotopic (exact) mass is 367 g/mol. The Morgan fingerprint density at radius 1 is 1.17 bits per heavy atom. The van der Waals surface area contributed by atoms with Crippen LogP contribution in [-0.2, 0) is 12.6 Å². The van der Waals surface area contributed by atoms with Crippen LogP contribution in [0.2, 0.25) is 5.02 Å². The molecule has 0 saturated heterocycles. The van der Waals surface area contributed by atoms with Crippen LogP contribution >= 0.6 is 11.6 Å². The van der Waals surface area contributed by atoms with E-state index in [1.54, 1.807) is 0 Å². The van der Waals surface area contributed by atoms with Crippen LogP contribution in [0.4, 0.5) is 26.3 Å². The predicted octanol–water partition coefficient (Wildman–Crippen LogP) is 5.05. The van der Waals surface area contributed by atoms with Gasteiger partial charge in [-0.2, -0.15) is 22.0 Å². The molecule has 2 aromatic rings. The molecule has 0 amide bonds. The number of carbonyl (C=O) groups excluding carboxylic acids is 1. The van der Waals surface area contributed by atoms with Crippen molar-refractivity contribution in [3.05, 3.63) is 52.1 Å². The SMILES string of the molecule is O=C1c2c(C(F)(F)F)cn(-c3cc(F)cc(Cl)c3)c2CCC1(F)F. The van der Waals surface area contributed by atoms with Crippen LogP contribution in [0.15, 0.2) is 24.4 Å². The molecule has 0 aliphatic heterocycles. The van der Waals surface area contributed by atoms with E-state index in [1.807, 2.05) is 0 Å². The number of halogens is 7. The van der Waals surface area contributed by atoms with Crippen molar-refractivity contribution in [3.63, 3.8) is 0 Å². The fourth-order valence-electron chi connectivity index (χ4n) is 2.74. The topological polar surface area (TPSA) is 22.0 Å². The molecule has 1 aromatic carbocycles. The minimum absolute atomic E-state index is 0.0755.